The molecule has 116 valence electrons. The molecule has 0 radical (unpaired) electrons. The minimum Gasteiger partial charge on any atom is -0.482 e. The van der Waals surface area contributed by atoms with E-state index in [9.17, 15) is 19.8 Å². The van der Waals surface area contributed by atoms with E-state index in [2.05, 4.69) is 4.74 Å². The van der Waals surface area contributed by atoms with Crippen molar-refractivity contribution >= 4 is 11.9 Å². The summed E-state index contributed by atoms with van der Waals surface area (Å²) in [6, 6.07) is 6.16. The molecule has 1 aromatic rings. The number of carboxylic acids is 1. The minimum atomic E-state index is -1.39. The van der Waals surface area contributed by atoms with Gasteiger partial charge in [0.2, 0.25) is 0 Å². The Bertz CT molecular complexity index is 486. The van der Waals surface area contributed by atoms with Gasteiger partial charge < -0.3 is 24.8 Å². The molecule has 0 saturated heterocycles. The van der Waals surface area contributed by atoms with Crippen LogP contribution >= 0.6 is 0 Å². The van der Waals surface area contributed by atoms with E-state index in [1.54, 1.807) is 19.1 Å². The summed E-state index contributed by atoms with van der Waals surface area (Å²) in [5.41, 5.74) is 0.204. The molecule has 3 N–H and O–H groups in total. The highest BCUT2D eigenvalue weighted by Crippen LogP contribution is 2.28. The van der Waals surface area contributed by atoms with Crippen LogP contribution in [0.4, 0.5) is 0 Å². The first kappa shape index (κ1) is 16.9. The molecule has 2 atom stereocenters. The third-order valence-corrected chi connectivity index (χ3v) is 2.63. The third kappa shape index (κ3) is 5.41. The summed E-state index contributed by atoms with van der Waals surface area (Å²) < 4.78 is 9.72. The van der Waals surface area contributed by atoms with Crippen LogP contribution in [-0.4, -0.2) is 46.6 Å². The summed E-state index contributed by atoms with van der Waals surface area (Å²) >= 11 is 0. The smallest absolute Gasteiger partial charge is 0.341 e. The first-order valence-corrected chi connectivity index (χ1v) is 6.41. The molecule has 0 aliphatic heterocycles. The maximum absolute atomic E-state index is 11.3. The van der Waals surface area contributed by atoms with Gasteiger partial charge in [0.15, 0.2) is 6.61 Å². The second kappa shape index (κ2) is 8.23. The highest BCUT2D eigenvalue weighted by Gasteiger charge is 2.24. The number of hydrogen-bond donors (Lipinski definition) is 3. The molecule has 0 saturated carbocycles. The van der Waals surface area contributed by atoms with Crippen LogP contribution in [0.3, 0.4) is 0 Å². The zero-order valence-electron chi connectivity index (χ0n) is 11.6. The summed E-state index contributed by atoms with van der Waals surface area (Å²) in [7, 11) is 0. The van der Waals surface area contributed by atoms with Crippen LogP contribution in [0, 0.1) is 0 Å². The van der Waals surface area contributed by atoms with Crippen LogP contribution < -0.4 is 4.74 Å². The Labute approximate surface area is 121 Å². The molecule has 0 aromatic heterocycles. The fourth-order valence-corrected chi connectivity index (χ4v) is 1.71. The Hall–Kier alpha value is -2.12. The van der Waals surface area contributed by atoms with Gasteiger partial charge in [-0.15, -0.1) is 0 Å². The topological polar surface area (TPSA) is 113 Å². The van der Waals surface area contributed by atoms with Crippen LogP contribution in [0.2, 0.25) is 0 Å². The van der Waals surface area contributed by atoms with Gasteiger partial charge in [-0.05, 0) is 13.0 Å². The van der Waals surface area contributed by atoms with Gasteiger partial charge in [0.05, 0.1) is 19.1 Å². The van der Waals surface area contributed by atoms with Gasteiger partial charge in [0.1, 0.15) is 11.9 Å². The summed E-state index contributed by atoms with van der Waals surface area (Å²) in [4.78, 5) is 21.8. The highest BCUT2D eigenvalue weighted by molar-refractivity contribution is 5.70. The lowest BCUT2D eigenvalue weighted by molar-refractivity contribution is -0.147. The molecule has 0 heterocycles. The number of aliphatic hydroxyl groups is 2. The number of benzene rings is 1. The van der Waals surface area contributed by atoms with E-state index in [0.29, 0.717) is 0 Å². The second-order valence-corrected chi connectivity index (χ2v) is 4.24. The number of aliphatic hydroxyl groups excluding tert-OH is 2. The number of para-hydroxylation sites is 1. The maximum atomic E-state index is 11.3. The summed E-state index contributed by atoms with van der Waals surface area (Å²) in [6.45, 7) is 1.24. The predicted molar refractivity (Wildman–Crippen MR) is 71.8 cm³/mol. The maximum Gasteiger partial charge on any atom is 0.341 e. The van der Waals surface area contributed by atoms with Crippen LogP contribution in [0.1, 0.15) is 25.0 Å². The average Bonchev–Trinajstić information content (AvgIpc) is 2.44. The minimum absolute atomic E-state index is 0.135. The lowest BCUT2D eigenvalue weighted by Crippen LogP contribution is -2.24. The Morgan fingerprint density at radius 3 is 2.52 bits per heavy atom. The van der Waals surface area contributed by atoms with E-state index < -0.39 is 30.8 Å². The summed E-state index contributed by atoms with van der Waals surface area (Å²) in [5.74, 6) is -1.66. The van der Waals surface area contributed by atoms with Crippen molar-refractivity contribution in [3.63, 3.8) is 0 Å². The zero-order valence-corrected chi connectivity index (χ0v) is 11.6. The molecule has 1 rings (SSSR count). The van der Waals surface area contributed by atoms with Crippen LogP contribution in [0.15, 0.2) is 24.3 Å². The van der Waals surface area contributed by atoms with Gasteiger partial charge in [0.25, 0.3) is 0 Å². The number of aliphatic carboxylic acids is 1. The highest BCUT2D eigenvalue weighted by atomic mass is 16.5. The molecule has 0 aliphatic carbocycles. The van der Waals surface area contributed by atoms with Gasteiger partial charge in [0, 0.05) is 5.56 Å². The van der Waals surface area contributed by atoms with E-state index in [0.717, 1.165) is 0 Å². The second-order valence-electron chi connectivity index (χ2n) is 4.24. The molecular weight excluding hydrogens is 280 g/mol. The number of esters is 1. The molecule has 0 aliphatic rings. The van der Waals surface area contributed by atoms with Gasteiger partial charge >= 0.3 is 11.9 Å². The molecule has 0 fully saturated rings. The SMILES string of the molecule is CCOC(=O)CC(O)C(O)c1ccccc1OCC(=O)O. The number of carboxylic acid groups (broad SMARTS) is 1. The molecule has 21 heavy (non-hydrogen) atoms. The quantitative estimate of drug-likeness (QED) is 0.599. The first-order chi connectivity index (χ1) is 9.95. The fourth-order valence-electron chi connectivity index (χ4n) is 1.71. The van der Waals surface area contributed by atoms with Crippen LogP contribution in [-0.2, 0) is 14.3 Å². The third-order valence-electron chi connectivity index (χ3n) is 2.63. The number of rotatable bonds is 8. The van der Waals surface area contributed by atoms with Crippen LogP contribution in [0.25, 0.3) is 0 Å². The van der Waals surface area contributed by atoms with Gasteiger partial charge in [-0.2, -0.15) is 0 Å². The standard InChI is InChI=1S/C14H18O7/c1-2-20-13(18)7-10(15)14(19)9-5-3-4-6-11(9)21-8-12(16)17/h3-6,10,14-15,19H,2,7-8H2,1H3,(H,16,17). The Morgan fingerprint density at radius 1 is 1.24 bits per heavy atom. The normalized spacial score (nSPS) is 13.3. The average molecular weight is 298 g/mol. The van der Waals surface area contributed by atoms with Gasteiger partial charge in [-0.25, -0.2) is 4.79 Å². The Kier molecular flexibility index (Phi) is 6.64. The molecule has 7 heteroatoms. The van der Waals surface area contributed by atoms with E-state index in [1.807, 2.05) is 0 Å². The number of carbonyl (C=O) groups is 2. The monoisotopic (exact) mass is 298 g/mol. The van der Waals surface area contributed by atoms with E-state index in [-0.39, 0.29) is 24.3 Å². The van der Waals surface area contributed by atoms with Gasteiger partial charge in [-0.3, -0.25) is 4.79 Å². The Balaban J connectivity index is 2.78. The number of ether oxygens (including phenoxy) is 2. The number of hydrogen-bond acceptors (Lipinski definition) is 6. The largest absolute Gasteiger partial charge is 0.482 e. The summed E-state index contributed by atoms with van der Waals surface area (Å²) in [5, 5.41) is 28.5. The molecule has 0 bridgehead atoms. The zero-order chi connectivity index (χ0) is 15.8. The molecule has 0 amide bonds. The molecule has 2 unspecified atom stereocenters. The lowest BCUT2D eigenvalue weighted by Gasteiger charge is -2.20. The van der Waals surface area contributed by atoms with Gasteiger partial charge in [-0.1, -0.05) is 18.2 Å². The first-order valence-electron chi connectivity index (χ1n) is 6.41. The van der Waals surface area contributed by atoms with Crippen molar-refractivity contribution in [2.24, 2.45) is 0 Å². The van der Waals surface area contributed by atoms with Crippen molar-refractivity contribution in [3.05, 3.63) is 29.8 Å². The van der Waals surface area contributed by atoms with Crippen molar-refractivity contribution in [2.45, 2.75) is 25.6 Å². The van der Waals surface area contributed by atoms with Crippen molar-refractivity contribution < 1.29 is 34.4 Å². The van der Waals surface area contributed by atoms with Crippen molar-refractivity contribution in [1.29, 1.82) is 0 Å². The molecular formula is C14H18O7. The van der Waals surface area contributed by atoms with Crippen molar-refractivity contribution in [1.82, 2.24) is 0 Å². The Morgan fingerprint density at radius 2 is 1.90 bits per heavy atom. The molecule has 7 nitrogen and oxygen atoms in total. The molecule has 1 aromatic carbocycles. The predicted octanol–water partition coefficient (Wildman–Crippen LogP) is 0.497. The fraction of sp³-hybridized carbons (Fsp3) is 0.429. The van der Waals surface area contributed by atoms with E-state index in [1.165, 1.54) is 12.1 Å². The molecule has 0 spiro atoms. The lowest BCUT2D eigenvalue weighted by atomic mass is 10.0. The van der Waals surface area contributed by atoms with Crippen molar-refractivity contribution in [2.75, 3.05) is 13.2 Å². The van der Waals surface area contributed by atoms with E-state index >= 15 is 0 Å². The van der Waals surface area contributed by atoms with Crippen LogP contribution in [0.5, 0.6) is 5.75 Å². The number of carbonyl (C=O) groups excluding carboxylic acids is 1. The van der Waals surface area contributed by atoms with E-state index in [4.69, 9.17) is 9.84 Å². The summed E-state index contributed by atoms with van der Waals surface area (Å²) in [6.07, 6.45) is -3.14. The van der Waals surface area contributed by atoms with Crippen molar-refractivity contribution in [3.8, 4) is 5.75 Å².